The Balaban J connectivity index is 1.89. The first-order chi connectivity index (χ1) is 9.28. The van der Waals surface area contributed by atoms with Crippen molar-refractivity contribution in [3.05, 3.63) is 0 Å². The Kier molecular flexibility index (Phi) is 5.14. The number of anilines is 1. The van der Waals surface area contributed by atoms with E-state index in [2.05, 4.69) is 15.0 Å². The lowest BCUT2D eigenvalue weighted by atomic mass is 10.1. The van der Waals surface area contributed by atoms with Crippen LogP contribution in [0.2, 0.25) is 0 Å². The number of rotatable bonds is 6. The molecule has 0 aliphatic carbocycles. The maximum Gasteiger partial charge on any atom is 0.324 e. The van der Waals surface area contributed by atoms with E-state index in [1.54, 1.807) is 0 Å². The van der Waals surface area contributed by atoms with Crippen molar-refractivity contribution in [1.82, 2.24) is 15.0 Å². The second-order valence-corrected chi connectivity index (χ2v) is 4.41. The Labute approximate surface area is 112 Å². The zero-order valence-electron chi connectivity index (χ0n) is 11.2. The summed E-state index contributed by atoms with van der Waals surface area (Å²) in [5, 5.41) is 0. The van der Waals surface area contributed by atoms with Crippen molar-refractivity contribution < 1.29 is 14.2 Å². The van der Waals surface area contributed by atoms with Gasteiger partial charge in [-0.05, 0) is 25.7 Å². The van der Waals surface area contributed by atoms with Crippen LogP contribution in [0.1, 0.15) is 32.6 Å². The number of aromatic nitrogens is 3. The van der Waals surface area contributed by atoms with Crippen molar-refractivity contribution in [2.24, 2.45) is 0 Å². The first-order valence-corrected chi connectivity index (χ1v) is 6.66. The molecule has 7 nitrogen and oxygen atoms in total. The highest BCUT2D eigenvalue weighted by Crippen LogP contribution is 2.15. The third kappa shape index (κ3) is 4.51. The fourth-order valence-corrected chi connectivity index (χ4v) is 1.78. The van der Waals surface area contributed by atoms with E-state index >= 15 is 0 Å². The highest BCUT2D eigenvalue weighted by atomic mass is 16.5. The zero-order chi connectivity index (χ0) is 13.5. The van der Waals surface area contributed by atoms with Gasteiger partial charge in [-0.2, -0.15) is 9.97 Å². The third-order valence-electron chi connectivity index (χ3n) is 2.72. The van der Waals surface area contributed by atoms with E-state index in [9.17, 15) is 0 Å². The summed E-state index contributed by atoms with van der Waals surface area (Å²) >= 11 is 0. The predicted molar refractivity (Wildman–Crippen MR) is 69.1 cm³/mol. The van der Waals surface area contributed by atoms with Gasteiger partial charge in [-0.1, -0.05) is 6.92 Å². The summed E-state index contributed by atoms with van der Waals surface area (Å²) in [5.74, 6) is 0.0978. The molecule has 0 radical (unpaired) electrons. The molecule has 1 saturated heterocycles. The largest absolute Gasteiger partial charge is 0.463 e. The molecule has 0 spiro atoms. The fraction of sp³-hybridized carbons (Fsp3) is 0.750. The van der Waals surface area contributed by atoms with E-state index in [1.807, 2.05) is 6.92 Å². The van der Waals surface area contributed by atoms with Crippen molar-refractivity contribution in [3.8, 4) is 12.0 Å². The molecule has 1 atom stereocenters. The van der Waals surface area contributed by atoms with Crippen LogP contribution in [0, 0.1) is 0 Å². The Bertz CT molecular complexity index is 397. The summed E-state index contributed by atoms with van der Waals surface area (Å²) in [4.78, 5) is 11.9. The monoisotopic (exact) mass is 268 g/mol. The lowest BCUT2D eigenvalue weighted by Gasteiger charge is -2.22. The van der Waals surface area contributed by atoms with Gasteiger partial charge in [0.25, 0.3) is 0 Å². The molecular formula is C12H20N4O3. The standard InChI is InChI=1S/C12H20N4O3/c1-2-6-18-11-14-10(13)15-12(16-11)19-8-9-5-3-4-7-17-9/h9H,2-8H2,1H3,(H2,13,14,15,16). The molecule has 1 fully saturated rings. The summed E-state index contributed by atoms with van der Waals surface area (Å²) in [7, 11) is 0. The second kappa shape index (κ2) is 7.08. The van der Waals surface area contributed by atoms with E-state index in [-0.39, 0.29) is 24.1 Å². The average molecular weight is 268 g/mol. The van der Waals surface area contributed by atoms with Crippen LogP contribution in [-0.4, -0.2) is 40.9 Å². The highest BCUT2D eigenvalue weighted by molar-refractivity contribution is 5.20. The summed E-state index contributed by atoms with van der Waals surface area (Å²) in [5.41, 5.74) is 5.59. The van der Waals surface area contributed by atoms with Crippen LogP contribution in [-0.2, 0) is 4.74 Å². The van der Waals surface area contributed by atoms with E-state index < -0.39 is 0 Å². The van der Waals surface area contributed by atoms with Gasteiger partial charge in [0, 0.05) is 6.61 Å². The fourth-order valence-electron chi connectivity index (χ4n) is 1.78. The Morgan fingerprint density at radius 3 is 2.68 bits per heavy atom. The minimum absolute atomic E-state index is 0.0978. The molecule has 1 aromatic heterocycles. The van der Waals surface area contributed by atoms with Crippen molar-refractivity contribution in [3.63, 3.8) is 0 Å². The van der Waals surface area contributed by atoms with Crippen molar-refractivity contribution >= 4 is 5.95 Å². The van der Waals surface area contributed by atoms with E-state index in [0.29, 0.717) is 13.2 Å². The quantitative estimate of drug-likeness (QED) is 0.828. The number of nitrogens with two attached hydrogens (primary N) is 1. The van der Waals surface area contributed by atoms with Crippen LogP contribution in [0.3, 0.4) is 0 Å². The lowest BCUT2D eigenvalue weighted by molar-refractivity contribution is -0.0130. The molecule has 0 amide bonds. The summed E-state index contributed by atoms with van der Waals surface area (Å²) in [6, 6.07) is 0.390. The van der Waals surface area contributed by atoms with Crippen molar-refractivity contribution in [1.29, 1.82) is 0 Å². The third-order valence-corrected chi connectivity index (χ3v) is 2.72. The number of hydrogen-bond donors (Lipinski definition) is 1. The molecule has 2 heterocycles. The number of hydrogen-bond acceptors (Lipinski definition) is 7. The maximum atomic E-state index is 5.59. The Morgan fingerprint density at radius 2 is 2.00 bits per heavy atom. The minimum Gasteiger partial charge on any atom is -0.463 e. The minimum atomic E-state index is 0.0978. The van der Waals surface area contributed by atoms with Gasteiger partial charge < -0.3 is 19.9 Å². The predicted octanol–water partition coefficient (Wildman–Crippen LogP) is 1.19. The van der Waals surface area contributed by atoms with Crippen LogP contribution in [0.15, 0.2) is 0 Å². The van der Waals surface area contributed by atoms with E-state index in [0.717, 1.165) is 32.3 Å². The second-order valence-electron chi connectivity index (χ2n) is 4.41. The van der Waals surface area contributed by atoms with Gasteiger partial charge in [-0.3, -0.25) is 0 Å². The molecule has 0 aromatic carbocycles. The molecule has 106 valence electrons. The number of nitrogen functional groups attached to an aromatic ring is 1. The average Bonchev–Trinajstić information content (AvgIpc) is 2.43. The lowest BCUT2D eigenvalue weighted by Crippen LogP contribution is -2.26. The summed E-state index contributed by atoms with van der Waals surface area (Å²) in [6.07, 6.45) is 4.26. The molecule has 19 heavy (non-hydrogen) atoms. The molecule has 0 saturated carbocycles. The van der Waals surface area contributed by atoms with Crippen molar-refractivity contribution in [2.75, 3.05) is 25.6 Å². The number of ether oxygens (including phenoxy) is 3. The van der Waals surface area contributed by atoms with Crippen LogP contribution in [0.25, 0.3) is 0 Å². The maximum absolute atomic E-state index is 5.59. The molecular weight excluding hydrogens is 248 g/mol. The Hall–Kier alpha value is -1.63. The van der Waals surface area contributed by atoms with Gasteiger partial charge in [0.15, 0.2) is 0 Å². The van der Waals surface area contributed by atoms with Crippen molar-refractivity contribution in [2.45, 2.75) is 38.7 Å². The van der Waals surface area contributed by atoms with Crippen LogP contribution in [0.5, 0.6) is 12.0 Å². The van der Waals surface area contributed by atoms with Gasteiger partial charge in [0.2, 0.25) is 5.95 Å². The van der Waals surface area contributed by atoms with Crippen LogP contribution < -0.4 is 15.2 Å². The van der Waals surface area contributed by atoms with Gasteiger partial charge >= 0.3 is 12.0 Å². The summed E-state index contributed by atoms with van der Waals surface area (Å²) in [6.45, 7) is 3.76. The highest BCUT2D eigenvalue weighted by Gasteiger charge is 2.15. The van der Waals surface area contributed by atoms with Gasteiger partial charge in [-0.15, -0.1) is 4.98 Å². The topological polar surface area (TPSA) is 92.4 Å². The van der Waals surface area contributed by atoms with E-state index in [1.165, 1.54) is 0 Å². The molecule has 1 aromatic rings. The normalized spacial score (nSPS) is 19.1. The van der Waals surface area contributed by atoms with Crippen LogP contribution >= 0.6 is 0 Å². The van der Waals surface area contributed by atoms with Gasteiger partial charge in [0.1, 0.15) is 6.61 Å². The van der Waals surface area contributed by atoms with E-state index in [4.69, 9.17) is 19.9 Å². The molecule has 7 heteroatoms. The molecule has 1 aliphatic heterocycles. The Morgan fingerprint density at radius 1 is 1.21 bits per heavy atom. The molecule has 1 unspecified atom stereocenters. The smallest absolute Gasteiger partial charge is 0.324 e. The first-order valence-electron chi connectivity index (χ1n) is 6.66. The zero-order valence-corrected chi connectivity index (χ0v) is 11.2. The van der Waals surface area contributed by atoms with Crippen LogP contribution in [0.4, 0.5) is 5.95 Å². The number of nitrogens with zero attached hydrogens (tertiary/aromatic N) is 3. The molecule has 2 rings (SSSR count). The SMILES string of the molecule is CCCOc1nc(N)nc(OCC2CCCCO2)n1. The first kappa shape index (κ1) is 13.8. The van der Waals surface area contributed by atoms with Gasteiger partial charge in [0.05, 0.1) is 12.7 Å². The molecule has 1 aliphatic rings. The molecule has 0 bridgehead atoms. The molecule has 2 N–H and O–H groups in total. The van der Waals surface area contributed by atoms with Gasteiger partial charge in [-0.25, -0.2) is 0 Å². The summed E-state index contributed by atoms with van der Waals surface area (Å²) < 4.78 is 16.4.